The van der Waals surface area contributed by atoms with E-state index in [4.69, 9.17) is 5.11 Å². The number of hydrogen-bond acceptors (Lipinski definition) is 4. The second kappa shape index (κ2) is 6.16. The quantitative estimate of drug-likeness (QED) is 0.856. The van der Waals surface area contributed by atoms with E-state index in [0.29, 0.717) is 35.7 Å². The maximum Gasteiger partial charge on any atom is 0.407 e. The van der Waals surface area contributed by atoms with Crippen LogP contribution in [0, 0.1) is 11.3 Å². The first-order valence-corrected chi connectivity index (χ1v) is 8.32. The van der Waals surface area contributed by atoms with Crippen LogP contribution in [-0.4, -0.2) is 45.0 Å². The summed E-state index contributed by atoms with van der Waals surface area (Å²) in [5.41, 5.74) is 0.501. The summed E-state index contributed by atoms with van der Waals surface area (Å²) in [6, 6.07) is 2.53. The second-order valence-electron chi connectivity index (χ2n) is 5.87. The zero-order valence-corrected chi connectivity index (χ0v) is 13.7. The number of carbonyl (C=O) groups is 1. The van der Waals surface area contributed by atoms with Gasteiger partial charge in [0, 0.05) is 19.1 Å². The fraction of sp³-hybridized carbons (Fsp3) is 0.643. The maximum absolute atomic E-state index is 11.1. The molecular weight excluding hydrogens is 350 g/mol. The molecule has 0 bridgehead atoms. The topological polar surface area (TPSA) is 94.2 Å². The van der Waals surface area contributed by atoms with Crippen molar-refractivity contribution < 1.29 is 9.90 Å². The summed E-state index contributed by atoms with van der Waals surface area (Å²) in [4.78, 5) is 12.5. The summed E-state index contributed by atoms with van der Waals surface area (Å²) in [5, 5.41) is 26.4. The fourth-order valence-corrected chi connectivity index (χ4v) is 3.73. The van der Waals surface area contributed by atoms with Crippen LogP contribution in [0.1, 0.15) is 43.7 Å². The molecule has 1 amide bonds. The maximum atomic E-state index is 11.1. The minimum atomic E-state index is -0.903. The van der Waals surface area contributed by atoms with Crippen LogP contribution in [0.4, 0.5) is 10.6 Å². The van der Waals surface area contributed by atoms with Crippen LogP contribution < -0.4 is 5.32 Å². The molecular formula is C14H18BrN5O2. The first-order valence-electron chi connectivity index (χ1n) is 7.52. The SMILES string of the molecule is N#Cc1c(Br)nn(C2CCN(C(=O)O)C2)c1NC1CCCC1. The van der Waals surface area contributed by atoms with E-state index in [2.05, 4.69) is 32.4 Å². The third-order valence-electron chi connectivity index (χ3n) is 4.46. The molecule has 1 saturated carbocycles. The van der Waals surface area contributed by atoms with Crippen LogP contribution in [0.2, 0.25) is 0 Å². The van der Waals surface area contributed by atoms with E-state index in [9.17, 15) is 10.1 Å². The molecule has 118 valence electrons. The standard InChI is InChI=1S/C14H18BrN5O2/c15-12-11(7-16)13(17-9-3-1-2-4-9)20(18-12)10-5-6-19(8-10)14(21)22/h9-10,17H,1-6,8H2,(H,21,22). The minimum Gasteiger partial charge on any atom is -0.465 e. The number of nitrogens with zero attached hydrogens (tertiary/aromatic N) is 4. The highest BCUT2D eigenvalue weighted by Crippen LogP contribution is 2.33. The van der Waals surface area contributed by atoms with Gasteiger partial charge in [0.1, 0.15) is 22.1 Å². The largest absolute Gasteiger partial charge is 0.465 e. The average molecular weight is 368 g/mol. The second-order valence-corrected chi connectivity index (χ2v) is 6.62. The molecule has 2 fully saturated rings. The molecule has 1 aromatic heterocycles. The molecule has 22 heavy (non-hydrogen) atoms. The molecule has 2 aliphatic rings. The lowest BCUT2D eigenvalue weighted by atomic mass is 10.2. The summed E-state index contributed by atoms with van der Waals surface area (Å²) in [6.45, 7) is 0.913. The highest BCUT2D eigenvalue weighted by molar-refractivity contribution is 9.10. The summed E-state index contributed by atoms with van der Waals surface area (Å²) in [6.07, 6.45) is 4.40. The molecule has 2 N–H and O–H groups in total. The molecule has 1 unspecified atom stereocenters. The van der Waals surface area contributed by atoms with Crippen LogP contribution in [0.3, 0.4) is 0 Å². The van der Waals surface area contributed by atoms with Gasteiger partial charge in [0.15, 0.2) is 0 Å². The van der Waals surface area contributed by atoms with Crippen molar-refractivity contribution in [3.05, 3.63) is 10.2 Å². The Morgan fingerprint density at radius 1 is 1.41 bits per heavy atom. The van der Waals surface area contributed by atoms with Crippen molar-refractivity contribution in [3.8, 4) is 6.07 Å². The van der Waals surface area contributed by atoms with Gasteiger partial charge in [-0.3, -0.25) is 0 Å². The Balaban J connectivity index is 1.87. The number of carboxylic acid groups (broad SMARTS) is 1. The normalized spacial score (nSPS) is 22.0. The Labute approximate surface area is 137 Å². The lowest BCUT2D eigenvalue weighted by Crippen LogP contribution is -2.28. The lowest BCUT2D eigenvalue weighted by molar-refractivity contribution is 0.154. The van der Waals surface area contributed by atoms with Gasteiger partial charge in [-0.2, -0.15) is 10.4 Å². The van der Waals surface area contributed by atoms with Gasteiger partial charge >= 0.3 is 6.09 Å². The van der Waals surface area contributed by atoms with E-state index in [1.165, 1.54) is 17.7 Å². The molecule has 1 atom stereocenters. The fourth-order valence-electron chi connectivity index (χ4n) is 3.29. The van der Waals surface area contributed by atoms with E-state index in [-0.39, 0.29) is 6.04 Å². The zero-order chi connectivity index (χ0) is 15.7. The number of amides is 1. The van der Waals surface area contributed by atoms with Crippen LogP contribution in [0.15, 0.2) is 4.60 Å². The Morgan fingerprint density at radius 3 is 2.73 bits per heavy atom. The van der Waals surface area contributed by atoms with Crippen molar-refractivity contribution in [1.29, 1.82) is 5.26 Å². The highest BCUT2D eigenvalue weighted by atomic mass is 79.9. The van der Waals surface area contributed by atoms with Crippen LogP contribution in [0.5, 0.6) is 0 Å². The van der Waals surface area contributed by atoms with Crippen molar-refractivity contribution in [3.63, 3.8) is 0 Å². The van der Waals surface area contributed by atoms with E-state index >= 15 is 0 Å². The van der Waals surface area contributed by atoms with Gasteiger partial charge in [-0.25, -0.2) is 9.48 Å². The Kier molecular flexibility index (Phi) is 4.25. The molecule has 3 rings (SSSR count). The Hall–Kier alpha value is -1.75. The van der Waals surface area contributed by atoms with Crippen LogP contribution in [-0.2, 0) is 0 Å². The predicted molar refractivity (Wildman–Crippen MR) is 83.8 cm³/mol. The monoisotopic (exact) mass is 367 g/mol. The van der Waals surface area contributed by atoms with E-state index in [1.54, 1.807) is 4.68 Å². The van der Waals surface area contributed by atoms with Crippen molar-refractivity contribution in [2.24, 2.45) is 0 Å². The van der Waals surface area contributed by atoms with Crippen LogP contribution >= 0.6 is 15.9 Å². The van der Waals surface area contributed by atoms with Gasteiger partial charge in [0.2, 0.25) is 0 Å². The van der Waals surface area contributed by atoms with E-state index in [1.807, 2.05) is 0 Å². The number of aromatic nitrogens is 2. The van der Waals surface area contributed by atoms with Crippen molar-refractivity contribution in [1.82, 2.24) is 14.7 Å². The third kappa shape index (κ3) is 2.77. The molecule has 0 spiro atoms. The lowest BCUT2D eigenvalue weighted by Gasteiger charge is -2.19. The third-order valence-corrected chi connectivity index (χ3v) is 5.01. The average Bonchev–Trinajstić information content (AvgIpc) is 3.19. The van der Waals surface area contributed by atoms with Gasteiger partial charge in [-0.15, -0.1) is 0 Å². The number of anilines is 1. The van der Waals surface area contributed by atoms with Gasteiger partial charge < -0.3 is 15.3 Å². The summed E-state index contributed by atoms with van der Waals surface area (Å²) >= 11 is 3.34. The molecule has 7 nitrogen and oxygen atoms in total. The first kappa shape index (κ1) is 15.2. The molecule has 1 aliphatic carbocycles. The number of halogens is 1. The molecule has 2 heterocycles. The summed E-state index contributed by atoms with van der Waals surface area (Å²) in [7, 11) is 0. The van der Waals surface area contributed by atoms with Crippen molar-refractivity contribution in [2.75, 3.05) is 18.4 Å². The number of hydrogen-bond donors (Lipinski definition) is 2. The first-order chi connectivity index (χ1) is 10.6. The summed E-state index contributed by atoms with van der Waals surface area (Å²) in [5.74, 6) is 0.721. The molecule has 1 aliphatic heterocycles. The molecule has 8 heteroatoms. The molecule has 1 aromatic rings. The van der Waals surface area contributed by atoms with Gasteiger partial charge in [0.25, 0.3) is 0 Å². The van der Waals surface area contributed by atoms with Crippen LogP contribution in [0.25, 0.3) is 0 Å². The van der Waals surface area contributed by atoms with E-state index in [0.717, 1.165) is 18.7 Å². The molecule has 1 saturated heterocycles. The highest BCUT2D eigenvalue weighted by Gasteiger charge is 2.31. The molecule has 0 aromatic carbocycles. The number of nitrogens with one attached hydrogen (secondary N) is 1. The summed E-state index contributed by atoms with van der Waals surface area (Å²) < 4.78 is 2.31. The predicted octanol–water partition coefficient (Wildman–Crippen LogP) is 2.80. The zero-order valence-electron chi connectivity index (χ0n) is 12.1. The minimum absolute atomic E-state index is 0.0293. The Bertz CT molecular complexity index is 617. The number of nitriles is 1. The smallest absolute Gasteiger partial charge is 0.407 e. The number of likely N-dealkylation sites (tertiary alicyclic amines) is 1. The Morgan fingerprint density at radius 2 is 2.14 bits per heavy atom. The molecule has 0 radical (unpaired) electrons. The van der Waals surface area contributed by atoms with Crippen molar-refractivity contribution >= 4 is 27.8 Å². The van der Waals surface area contributed by atoms with Gasteiger partial charge in [-0.1, -0.05) is 12.8 Å². The van der Waals surface area contributed by atoms with Crippen molar-refractivity contribution in [2.45, 2.75) is 44.2 Å². The van der Waals surface area contributed by atoms with Gasteiger partial charge in [-0.05, 0) is 35.2 Å². The van der Waals surface area contributed by atoms with E-state index < -0.39 is 6.09 Å². The van der Waals surface area contributed by atoms with Gasteiger partial charge in [0.05, 0.1) is 6.04 Å². The number of rotatable bonds is 3.